The Balaban J connectivity index is 2.12. The highest BCUT2D eigenvalue weighted by atomic mass is 32.1. The van der Waals surface area contributed by atoms with Crippen molar-refractivity contribution >= 4 is 34.7 Å². The van der Waals surface area contributed by atoms with Crippen molar-refractivity contribution in [2.45, 2.75) is 25.4 Å². The summed E-state index contributed by atoms with van der Waals surface area (Å²) in [4.78, 5) is 49.7. The summed E-state index contributed by atoms with van der Waals surface area (Å²) in [5.41, 5.74) is -1.52. The molecule has 1 aromatic heterocycles. The van der Waals surface area contributed by atoms with E-state index >= 15 is 0 Å². The molecule has 0 unspecified atom stereocenters. The molecule has 0 saturated carbocycles. The van der Waals surface area contributed by atoms with Gasteiger partial charge in [-0.3, -0.25) is 20.2 Å². The van der Waals surface area contributed by atoms with Crippen LogP contribution in [0, 0.1) is 10.1 Å². The van der Waals surface area contributed by atoms with Crippen molar-refractivity contribution < 1.29 is 28.8 Å². The first kappa shape index (κ1) is 22.3. The number of thiophene rings is 1. The summed E-state index contributed by atoms with van der Waals surface area (Å²) in [7, 11) is 0. The molecular weight excluding hydrogens is 424 g/mol. The van der Waals surface area contributed by atoms with Crippen LogP contribution in [0.1, 0.15) is 35.1 Å². The molecule has 9 nitrogen and oxygen atoms in total. The van der Waals surface area contributed by atoms with Crippen molar-refractivity contribution in [3.8, 4) is 0 Å². The molecule has 1 aromatic carbocycles. The quantitative estimate of drug-likeness (QED) is 0.217. The summed E-state index contributed by atoms with van der Waals surface area (Å²) in [5.74, 6) is -2.16. The lowest BCUT2D eigenvalue weighted by Gasteiger charge is -2.26. The normalized spacial score (nSPS) is 17.0. The van der Waals surface area contributed by atoms with Crippen LogP contribution in [-0.2, 0) is 19.1 Å². The standard InChI is InChI=1S/C21H20N2O7S/c1-3-29-19(25)21(20(26)30-4-2)12-15(18(24)16-6-5-11-31-16)17(22-21)13-7-9-14(10-8-13)23(27)28/h5-12,17,22H,3-4H2,1-2H3/t17-/m0/s1. The number of Topliss-reactive ketones (excluding diaryl/α,β-unsaturated/α-hetero) is 1. The molecule has 1 N–H and O–H groups in total. The molecule has 10 heteroatoms. The van der Waals surface area contributed by atoms with Crippen LogP contribution in [0.2, 0.25) is 0 Å². The van der Waals surface area contributed by atoms with Crippen molar-refractivity contribution in [3.63, 3.8) is 0 Å². The smallest absolute Gasteiger partial charge is 0.342 e. The number of rotatable bonds is 8. The third-order valence-corrected chi connectivity index (χ3v) is 5.56. The van der Waals surface area contributed by atoms with Crippen molar-refractivity contribution in [1.82, 2.24) is 5.32 Å². The zero-order chi connectivity index (χ0) is 22.6. The van der Waals surface area contributed by atoms with Gasteiger partial charge in [-0.05, 0) is 36.9 Å². The minimum Gasteiger partial charge on any atom is -0.464 e. The van der Waals surface area contributed by atoms with Gasteiger partial charge in [-0.15, -0.1) is 11.3 Å². The Morgan fingerprint density at radius 3 is 2.19 bits per heavy atom. The molecule has 0 amide bonds. The number of non-ortho nitro benzene ring substituents is 1. The molecule has 2 aromatic rings. The van der Waals surface area contributed by atoms with Gasteiger partial charge in [0.25, 0.3) is 5.69 Å². The van der Waals surface area contributed by atoms with Gasteiger partial charge >= 0.3 is 11.9 Å². The summed E-state index contributed by atoms with van der Waals surface area (Å²) >= 11 is 1.22. The number of carbonyl (C=O) groups is 3. The number of nitro groups is 1. The van der Waals surface area contributed by atoms with Gasteiger partial charge in [0.1, 0.15) is 0 Å². The Bertz CT molecular complexity index is 1010. The maximum atomic E-state index is 13.2. The van der Waals surface area contributed by atoms with Crippen molar-refractivity contribution in [2.24, 2.45) is 0 Å². The molecule has 1 atom stereocenters. The minimum absolute atomic E-state index is 0.0198. The predicted molar refractivity (Wildman–Crippen MR) is 112 cm³/mol. The molecule has 1 aliphatic rings. The molecular formula is C21H20N2O7S. The highest BCUT2D eigenvalue weighted by Gasteiger charge is 2.54. The van der Waals surface area contributed by atoms with Gasteiger partial charge in [-0.25, -0.2) is 9.59 Å². The fourth-order valence-electron chi connectivity index (χ4n) is 3.27. The van der Waals surface area contributed by atoms with Gasteiger partial charge in [0.05, 0.1) is 29.1 Å². The van der Waals surface area contributed by atoms with Crippen molar-refractivity contribution in [1.29, 1.82) is 0 Å². The highest BCUT2D eigenvalue weighted by molar-refractivity contribution is 7.12. The van der Waals surface area contributed by atoms with Crippen LogP contribution in [0.25, 0.3) is 0 Å². The van der Waals surface area contributed by atoms with Crippen LogP contribution < -0.4 is 5.32 Å². The monoisotopic (exact) mass is 444 g/mol. The van der Waals surface area contributed by atoms with E-state index < -0.39 is 28.4 Å². The van der Waals surface area contributed by atoms with E-state index in [0.29, 0.717) is 10.4 Å². The number of ether oxygens (including phenoxy) is 2. The molecule has 0 spiro atoms. The lowest BCUT2D eigenvalue weighted by atomic mass is 9.95. The van der Waals surface area contributed by atoms with E-state index in [9.17, 15) is 24.5 Å². The number of esters is 2. The van der Waals surface area contributed by atoms with Crippen LogP contribution in [0.15, 0.2) is 53.4 Å². The zero-order valence-electron chi connectivity index (χ0n) is 16.8. The average Bonchev–Trinajstić information content (AvgIpc) is 3.43. The first-order valence-corrected chi connectivity index (χ1v) is 10.4. The molecule has 2 heterocycles. The Hall–Kier alpha value is -3.37. The van der Waals surface area contributed by atoms with Gasteiger partial charge in [0, 0.05) is 17.7 Å². The Kier molecular flexibility index (Phi) is 6.62. The topological polar surface area (TPSA) is 125 Å². The number of benzene rings is 1. The van der Waals surface area contributed by atoms with Gasteiger partial charge in [0.2, 0.25) is 11.3 Å². The lowest BCUT2D eigenvalue weighted by molar-refractivity contribution is -0.384. The van der Waals surface area contributed by atoms with Crippen LogP contribution in [0.5, 0.6) is 0 Å². The van der Waals surface area contributed by atoms with Gasteiger partial charge in [-0.1, -0.05) is 18.2 Å². The summed E-state index contributed by atoms with van der Waals surface area (Å²) in [6.07, 6.45) is 1.25. The molecule has 0 fully saturated rings. The number of nitro benzene ring substituents is 1. The number of nitrogens with one attached hydrogen (secondary N) is 1. The molecule has 0 bridgehead atoms. The van der Waals surface area contributed by atoms with E-state index in [-0.39, 0.29) is 30.3 Å². The SMILES string of the molecule is CCOC(=O)C1(C(=O)OCC)C=C(C(=O)c2cccs2)[C@H](c2ccc([N+](=O)[O-])cc2)N1. The number of ketones is 1. The molecule has 0 radical (unpaired) electrons. The van der Waals surface area contributed by atoms with Crippen molar-refractivity contribution in [3.05, 3.63) is 74.0 Å². The van der Waals surface area contributed by atoms with Crippen LogP contribution in [-0.4, -0.2) is 41.4 Å². The first-order chi connectivity index (χ1) is 14.8. The molecule has 0 saturated heterocycles. The van der Waals surface area contributed by atoms with Crippen LogP contribution in [0.3, 0.4) is 0 Å². The maximum absolute atomic E-state index is 13.2. The van der Waals surface area contributed by atoms with E-state index in [1.54, 1.807) is 31.4 Å². The van der Waals surface area contributed by atoms with Gasteiger partial charge in [0.15, 0.2) is 0 Å². The van der Waals surface area contributed by atoms with E-state index in [2.05, 4.69) is 5.32 Å². The summed E-state index contributed by atoms with van der Waals surface area (Å²) < 4.78 is 10.2. The second kappa shape index (κ2) is 9.19. The largest absolute Gasteiger partial charge is 0.464 e. The Labute approximate surface area is 181 Å². The number of hydrogen-bond acceptors (Lipinski definition) is 9. The third-order valence-electron chi connectivity index (χ3n) is 4.69. The van der Waals surface area contributed by atoms with Gasteiger partial charge in [-0.2, -0.15) is 0 Å². The third kappa shape index (κ3) is 4.25. The lowest BCUT2D eigenvalue weighted by Crippen LogP contribution is -2.56. The van der Waals surface area contributed by atoms with Crippen LogP contribution >= 0.6 is 11.3 Å². The zero-order valence-corrected chi connectivity index (χ0v) is 17.6. The molecule has 3 rings (SSSR count). The van der Waals surface area contributed by atoms with Crippen LogP contribution in [0.4, 0.5) is 5.69 Å². The molecule has 31 heavy (non-hydrogen) atoms. The summed E-state index contributed by atoms with van der Waals surface area (Å²) in [6.45, 7) is 3.24. The second-order valence-electron chi connectivity index (χ2n) is 6.58. The van der Waals surface area contributed by atoms with E-state index in [0.717, 1.165) is 0 Å². The molecule has 0 aliphatic carbocycles. The summed E-state index contributed by atoms with van der Waals surface area (Å²) in [5, 5.41) is 15.6. The fraction of sp³-hybridized carbons (Fsp3) is 0.286. The molecule has 162 valence electrons. The number of carbonyl (C=O) groups excluding carboxylic acids is 3. The summed E-state index contributed by atoms with van der Waals surface area (Å²) in [6, 6.07) is 7.98. The average molecular weight is 444 g/mol. The first-order valence-electron chi connectivity index (χ1n) is 9.51. The van der Waals surface area contributed by atoms with E-state index in [1.165, 1.54) is 41.7 Å². The number of nitrogens with zero attached hydrogens (tertiary/aromatic N) is 1. The highest BCUT2D eigenvalue weighted by Crippen LogP contribution is 2.37. The molecule has 1 aliphatic heterocycles. The van der Waals surface area contributed by atoms with E-state index in [4.69, 9.17) is 9.47 Å². The van der Waals surface area contributed by atoms with Gasteiger partial charge < -0.3 is 9.47 Å². The Morgan fingerprint density at radius 1 is 1.10 bits per heavy atom. The van der Waals surface area contributed by atoms with Crippen molar-refractivity contribution in [2.75, 3.05) is 13.2 Å². The minimum atomic E-state index is -2.01. The maximum Gasteiger partial charge on any atom is 0.342 e. The van der Waals surface area contributed by atoms with E-state index in [1.807, 2.05) is 0 Å². The second-order valence-corrected chi connectivity index (χ2v) is 7.53. The Morgan fingerprint density at radius 2 is 1.71 bits per heavy atom. The predicted octanol–water partition coefficient (Wildman–Crippen LogP) is 2.97. The fourth-order valence-corrected chi connectivity index (χ4v) is 3.96. The number of hydrogen-bond donors (Lipinski definition) is 1.